The number of halogens is 1. The van der Waals surface area contributed by atoms with Gasteiger partial charge in [-0.15, -0.1) is 0 Å². The molecular weight excluding hydrogens is 293 g/mol. The maximum Gasteiger partial charge on any atom is 0.192 e. The molecule has 0 atom stereocenters. The molecule has 0 aliphatic heterocycles. The van der Waals surface area contributed by atoms with Gasteiger partial charge in [0.05, 0.1) is 9.77 Å². The summed E-state index contributed by atoms with van der Waals surface area (Å²) in [5.41, 5.74) is 0. The summed E-state index contributed by atoms with van der Waals surface area (Å²) in [5, 5.41) is 9.02. The molecule has 0 unspecified atom stereocenters. The van der Waals surface area contributed by atoms with Gasteiger partial charge >= 0.3 is 0 Å². The molecule has 1 aromatic heterocycles. The van der Waals surface area contributed by atoms with Crippen molar-refractivity contribution in [3.63, 3.8) is 0 Å². The van der Waals surface area contributed by atoms with Crippen LogP contribution in [0.4, 0.5) is 0 Å². The highest BCUT2D eigenvalue weighted by Crippen LogP contribution is 2.19. The molecule has 0 bridgehead atoms. The second-order valence-electron chi connectivity index (χ2n) is 2.25. The van der Waals surface area contributed by atoms with Crippen LogP contribution in [0.25, 0.3) is 0 Å². The average Bonchev–Trinajstić information content (AvgIpc) is 1.92. The van der Waals surface area contributed by atoms with E-state index in [-0.39, 0.29) is 10.8 Å². The van der Waals surface area contributed by atoms with Crippen LogP contribution in [0.3, 0.4) is 0 Å². The van der Waals surface area contributed by atoms with Gasteiger partial charge in [0, 0.05) is 6.26 Å². The van der Waals surface area contributed by atoms with Crippen LogP contribution in [0, 0.1) is 3.57 Å². The molecule has 1 heterocycles. The Morgan fingerprint density at radius 1 is 1.58 bits per heavy atom. The van der Waals surface area contributed by atoms with Gasteiger partial charge in [0.25, 0.3) is 0 Å². The van der Waals surface area contributed by atoms with Crippen molar-refractivity contribution in [2.75, 3.05) is 6.26 Å². The number of rotatable bonds is 1. The molecule has 1 rings (SSSR count). The molecule has 0 saturated heterocycles. The second-order valence-corrected chi connectivity index (χ2v) is 5.37. The molecule has 0 spiro atoms. The van der Waals surface area contributed by atoms with Crippen molar-refractivity contribution >= 4 is 32.4 Å². The molecule has 1 N–H and O–H groups in total. The molecule has 0 fully saturated rings. The lowest BCUT2D eigenvalue weighted by molar-refractivity contribution is 0.467. The van der Waals surface area contributed by atoms with Crippen molar-refractivity contribution in [2.24, 2.45) is 0 Å². The number of hydrogen-bond donors (Lipinski definition) is 1. The highest BCUT2D eigenvalue weighted by molar-refractivity contribution is 14.1. The van der Waals surface area contributed by atoms with E-state index in [1.807, 2.05) is 22.6 Å². The Balaban J connectivity index is 3.33. The average molecular weight is 299 g/mol. The maximum atomic E-state index is 10.9. The molecule has 12 heavy (non-hydrogen) atoms. The fraction of sp³-hybridized carbons (Fsp3) is 0.167. The number of nitrogens with zero attached hydrogens (tertiary/aromatic N) is 1. The highest BCUT2D eigenvalue weighted by atomic mass is 127. The van der Waals surface area contributed by atoms with Gasteiger partial charge in [0.1, 0.15) is 5.75 Å². The fourth-order valence-electron chi connectivity index (χ4n) is 0.609. The van der Waals surface area contributed by atoms with Crippen LogP contribution in [0.1, 0.15) is 0 Å². The first kappa shape index (κ1) is 9.72. The Morgan fingerprint density at radius 2 is 2.17 bits per heavy atom. The van der Waals surface area contributed by atoms with Crippen molar-refractivity contribution in [3.8, 4) is 5.75 Å². The smallest absolute Gasteiger partial charge is 0.192 e. The number of aromatic nitrogens is 1. The quantitative estimate of drug-likeness (QED) is 0.779. The van der Waals surface area contributed by atoms with Crippen molar-refractivity contribution < 1.29 is 13.5 Å². The summed E-state index contributed by atoms with van der Waals surface area (Å²) in [4.78, 5) is 3.57. The van der Waals surface area contributed by atoms with E-state index < -0.39 is 9.84 Å². The molecular formula is C6H6INO3S. The lowest BCUT2D eigenvalue weighted by Crippen LogP contribution is -2.00. The molecule has 0 amide bonds. The summed E-state index contributed by atoms with van der Waals surface area (Å²) in [6.07, 6.45) is 2.20. The summed E-state index contributed by atoms with van der Waals surface area (Å²) in [6, 6.07) is 1.32. The Hall–Kier alpha value is -0.370. The van der Waals surface area contributed by atoms with Crippen molar-refractivity contribution in [3.05, 3.63) is 15.8 Å². The van der Waals surface area contributed by atoms with E-state index in [2.05, 4.69) is 4.98 Å². The number of sulfone groups is 1. The Labute approximate surface area is 83.7 Å². The Morgan fingerprint density at radius 3 is 2.58 bits per heavy atom. The lowest BCUT2D eigenvalue weighted by Gasteiger charge is -1.98. The van der Waals surface area contributed by atoms with E-state index in [4.69, 9.17) is 5.11 Å². The van der Waals surface area contributed by atoms with Gasteiger partial charge in [-0.2, -0.15) is 0 Å². The van der Waals surface area contributed by atoms with Crippen LogP contribution in [0.5, 0.6) is 5.75 Å². The van der Waals surface area contributed by atoms with E-state index in [1.54, 1.807) is 0 Å². The standard InChI is InChI=1S/C6H6INO3S/c1-12(10,11)6-2-4(7)5(9)3-8-6/h2-3,9H,1H3. The van der Waals surface area contributed by atoms with Crippen molar-refractivity contribution in [1.29, 1.82) is 0 Å². The fourth-order valence-corrected chi connectivity index (χ4v) is 1.83. The summed E-state index contributed by atoms with van der Waals surface area (Å²) >= 11 is 1.84. The number of aromatic hydroxyl groups is 1. The molecule has 1 aromatic rings. The predicted octanol–water partition coefficient (Wildman–Crippen LogP) is 0.795. The van der Waals surface area contributed by atoms with Gasteiger partial charge in [-0.05, 0) is 28.7 Å². The molecule has 0 aliphatic rings. The van der Waals surface area contributed by atoms with Crippen molar-refractivity contribution in [1.82, 2.24) is 4.98 Å². The maximum absolute atomic E-state index is 10.9. The van der Waals surface area contributed by atoms with E-state index in [1.165, 1.54) is 6.07 Å². The normalized spacial score (nSPS) is 11.5. The van der Waals surface area contributed by atoms with E-state index in [0.717, 1.165) is 12.5 Å². The molecule has 4 nitrogen and oxygen atoms in total. The van der Waals surface area contributed by atoms with Gasteiger partial charge in [0.2, 0.25) is 0 Å². The van der Waals surface area contributed by atoms with E-state index in [0.29, 0.717) is 3.57 Å². The Kier molecular flexibility index (Phi) is 2.57. The number of pyridine rings is 1. The minimum absolute atomic E-state index is 0.0111. The van der Waals surface area contributed by atoms with E-state index >= 15 is 0 Å². The summed E-state index contributed by atoms with van der Waals surface area (Å²) in [5.74, 6) is -0.0111. The molecule has 66 valence electrons. The van der Waals surface area contributed by atoms with Gasteiger partial charge in [-0.1, -0.05) is 0 Å². The van der Waals surface area contributed by atoms with Gasteiger partial charge in [0.15, 0.2) is 14.9 Å². The SMILES string of the molecule is CS(=O)(=O)c1cc(I)c(O)cn1. The first-order valence-electron chi connectivity index (χ1n) is 2.96. The van der Waals surface area contributed by atoms with Crippen LogP contribution in [-0.4, -0.2) is 24.8 Å². The summed E-state index contributed by atoms with van der Waals surface area (Å²) in [6.45, 7) is 0. The first-order valence-corrected chi connectivity index (χ1v) is 5.93. The largest absolute Gasteiger partial charge is 0.505 e. The summed E-state index contributed by atoms with van der Waals surface area (Å²) < 4.78 is 22.4. The topological polar surface area (TPSA) is 67.3 Å². The molecule has 0 radical (unpaired) electrons. The Bertz CT molecular complexity index is 401. The van der Waals surface area contributed by atoms with Gasteiger partial charge in [-0.25, -0.2) is 13.4 Å². The van der Waals surface area contributed by atoms with Crippen LogP contribution < -0.4 is 0 Å². The second kappa shape index (κ2) is 3.17. The van der Waals surface area contributed by atoms with Crippen molar-refractivity contribution in [2.45, 2.75) is 5.03 Å². The third-order valence-electron chi connectivity index (χ3n) is 1.19. The summed E-state index contributed by atoms with van der Waals surface area (Å²) in [7, 11) is -3.27. The minimum atomic E-state index is -3.27. The molecule has 6 heteroatoms. The lowest BCUT2D eigenvalue weighted by atomic mass is 10.5. The minimum Gasteiger partial charge on any atom is -0.505 e. The monoisotopic (exact) mass is 299 g/mol. The first-order chi connectivity index (χ1) is 5.41. The highest BCUT2D eigenvalue weighted by Gasteiger charge is 2.10. The molecule has 0 aliphatic carbocycles. The van der Waals surface area contributed by atoms with Gasteiger partial charge in [-0.3, -0.25) is 0 Å². The zero-order chi connectivity index (χ0) is 9.35. The number of hydrogen-bond acceptors (Lipinski definition) is 4. The van der Waals surface area contributed by atoms with Crippen LogP contribution >= 0.6 is 22.6 Å². The van der Waals surface area contributed by atoms with Crippen LogP contribution in [0.2, 0.25) is 0 Å². The third kappa shape index (κ3) is 2.07. The third-order valence-corrected chi connectivity index (χ3v) is 3.04. The van der Waals surface area contributed by atoms with Crippen LogP contribution in [0.15, 0.2) is 17.3 Å². The van der Waals surface area contributed by atoms with E-state index in [9.17, 15) is 8.42 Å². The molecule has 0 aromatic carbocycles. The van der Waals surface area contributed by atoms with Crippen LogP contribution in [-0.2, 0) is 9.84 Å². The molecule has 0 saturated carbocycles. The zero-order valence-electron chi connectivity index (χ0n) is 6.15. The zero-order valence-corrected chi connectivity index (χ0v) is 9.13. The van der Waals surface area contributed by atoms with Gasteiger partial charge < -0.3 is 5.11 Å². The predicted molar refractivity (Wildman–Crippen MR) is 51.7 cm³/mol.